The maximum atomic E-state index is 12.1. The monoisotopic (exact) mass is 232 g/mol. The molecule has 1 amide bonds. The van der Waals surface area contributed by atoms with Gasteiger partial charge < -0.3 is 10.6 Å². The smallest absolute Gasteiger partial charge is 0.253 e. The Morgan fingerprint density at radius 2 is 2.06 bits per heavy atom. The maximum absolute atomic E-state index is 12.1. The summed E-state index contributed by atoms with van der Waals surface area (Å²) < 4.78 is 0. The molecule has 1 fully saturated rings. The van der Waals surface area contributed by atoms with Gasteiger partial charge in [0, 0.05) is 18.3 Å². The number of carbonyl (C=O) groups excluding carboxylic acids is 1. The van der Waals surface area contributed by atoms with Gasteiger partial charge in [-0.25, -0.2) is 0 Å². The van der Waals surface area contributed by atoms with Crippen molar-refractivity contribution in [1.82, 2.24) is 5.32 Å². The lowest BCUT2D eigenvalue weighted by atomic mass is 9.82. The van der Waals surface area contributed by atoms with Crippen LogP contribution in [-0.2, 0) is 0 Å². The lowest BCUT2D eigenvalue weighted by molar-refractivity contribution is 0.0897. The van der Waals surface area contributed by atoms with Crippen molar-refractivity contribution < 1.29 is 4.79 Å². The molecule has 0 aromatic heterocycles. The van der Waals surface area contributed by atoms with Gasteiger partial charge in [0.25, 0.3) is 5.91 Å². The van der Waals surface area contributed by atoms with Crippen LogP contribution in [0.3, 0.4) is 0 Å². The highest BCUT2D eigenvalue weighted by atomic mass is 16.1. The van der Waals surface area contributed by atoms with E-state index < -0.39 is 0 Å². The molecule has 0 unspecified atom stereocenters. The zero-order valence-corrected chi connectivity index (χ0v) is 10.5. The summed E-state index contributed by atoms with van der Waals surface area (Å²) in [5, 5.41) is 6.30. The molecule has 3 nitrogen and oxygen atoms in total. The molecule has 1 aromatic carbocycles. The van der Waals surface area contributed by atoms with E-state index in [9.17, 15) is 4.79 Å². The molecule has 0 radical (unpaired) electrons. The van der Waals surface area contributed by atoms with Gasteiger partial charge in [-0.05, 0) is 37.8 Å². The lowest BCUT2D eigenvalue weighted by Crippen LogP contribution is -2.43. The number of anilines is 1. The Morgan fingerprint density at radius 3 is 2.71 bits per heavy atom. The molecule has 0 saturated heterocycles. The average Bonchev–Trinajstić information content (AvgIpc) is 2.28. The third-order valence-corrected chi connectivity index (χ3v) is 3.25. The van der Waals surface area contributed by atoms with Crippen LogP contribution in [0.5, 0.6) is 0 Å². The molecule has 92 valence electrons. The van der Waals surface area contributed by atoms with Gasteiger partial charge >= 0.3 is 0 Å². The summed E-state index contributed by atoms with van der Waals surface area (Å²) in [6, 6.07) is 8.03. The summed E-state index contributed by atoms with van der Waals surface area (Å²) in [6.45, 7) is 5.07. The SMILES string of the molecule is CCNc1ccccc1C(=O)NC1CC(C)C1. The van der Waals surface area contributed by atoms with E-state index in [1.54, 1.807) is 0 Å². The Labute approximate surface area is 103 Å². The first-order chi connectivity index (χ1) is 8.20. The van der Waals surface area contributed by atoms with Gasteiger partial charge in [0.15, 0.2) is 0 Å². The summed E-state index contributed by atoms with van der Waals surface area (Å²) in [5.74, 6) is 0.794. The first-order valence-corrected chi connectivity index (χ1v) is 6.34. The van der Waals surface area contributed by atoms with Crippen molar-refractivity contribution in [2.24, 2.45) is 5.92 Å². The van der Waals surface area contributed by atoms with Crippen molar-refractivity contribution in [3.63, 3.8) is 0 Å². The van der Waals surface area contributed by atoms with Crippen LogP contribution in [0.1, 0.15) is 37.0 Å². The summed E-state index contributed by atoms with van der Waals surface area (Å²) in [7, 11) is 0. The van der Waals surface area contributed by atoms with E-state index in [0.717, 1.165) is 36.6 Å². The Hall–Kier alpha value is -1.51. The highest BCUT2D eigenvalue weighted by Crippen LogP contribution is 2.27. The predicted octanol–water partition coefficient (Wildman–Crippen LogP) is 2.65. The molecule has 0 aliphatic heterocycles. The normalized spacial score (nSPS) is 22.7. The Balaban J connectivity index is 2.02. The van der Waals surface area contributed by atoms with Crippen LogP contribution >= 0.6 is 0 Å². The molecular weight excluding hydrogens is 212 g/mol. The Morgan fingerprint density at radius 1 is 1.35 bits per heavy atom. The van der Waals surface area contributed by atoms with Crippen molar-refractivity contribution >= 4 is 11.6 Å². The van der Waals surface area contributed by atoms with E-state index in [4.69, 9.17) is 0 Å². The van der Waals surface area contributed by atoms with Crippen LogP contribution in [0.4, 0.5) is 5.69 Å². The topological polar surface area (TPSA) is 41.1 Å². The summed E-state index contributed by atoms with van der Waals surface area (Å²) in [4.78, 5) is 12.1. The summed E-state index contributed by atoms with van der Waals surface area (Å²) >= 11 is 0. The fourth-order valence-corrected chi connectivity index (χ4v) is 2.31. The first kappa shape index (κ1) is 12.0. The molecule has 3 heteroatoms. The van der Waals surface area contributed by atoms with Gasteiger partial charge in [0.1, 0.15) is 0 Å². The number of hydrogen-bond acceptors (Lipinski definition) is 2. The number of benzene rings is 1. The minimum atomic E-state index is 0.0402. The summed E-state index contributed by atoms with van der Waals surface area (Å²) in [6.07, 6.45) is 2.21. The highest BCUT2D eigenvalue weighted by Gasteiger charge is 2.27. The molecule has 1 saturated carbocycles. The second-order valence-corrected chi connectivity index (χ2v) is 4.82. The van der Waals surface area contributed by atoms with Crippen molar-refractivity contribution in [3.05, 3.63) is 29.8 Å². The van der Waals surface area contributed by atoms with Crippen LogP contribution in [0.25, 0.3) is 0 Å². The number of para-hydroxylation sites is 1. The third-order valence-electron chi connectivity index (χ3n) is 3.25. The Bertz CT molecular complexity index is 397. The average molecular weight is 232 g/mol. The molecule has 1 aromatic rings. The number of nitrogens with one attached hydrogen (secondary N) is 2. The second kappa shape index (κ2) is 5.21. The minimum absolute atomic E-state index is 0.0402. The number of hydrogen-bond donors (Lipinski definition) is 2. The van der Waals surface area contributed by atoms with Crippen LogP contribution in [0, 0.1) is 5.92 Å². The van der Waals surface area contributed by atoms with Crippen molar-refractivity contribution in [2.45, 2.75) is 32.7 Å². The van der Waals surface area contributed by atoms with Gasteiger partial charge in [0.2, 0.25) is 0 Å². The number of amides is 1. The van der Waals surface area contributed by atoms with Crippen molar-refractivity contribution in [1.29, 1.82) is 0 Å². The molecule has 1 aliphatic rings. The fraction of sp³-hybridized carbons (Fsp3) is 0.500. The fourth-order valence-electron chi connectivity index (χ4n) is 2.31. The van der Waals surface area contributed by atoms with Crippen LogP contribution in [0.2, 0.25) is 0 Å². The van der Waals surface area contributed by atoms with Gasteiger partial charge in [-0.3, -0.25) is 4.79 Å². The van der Waals surface area contributed by atoms with E-state index in [-0.39, 0.29) is 5.91 Å². The molecule has 2 rings (SSSR count). The van der Waals surface area contributed by atoms with Crippen LogP contribution in [-0.4, -0.2) is 18.5 Å². The van der Waals surface area contributed by atoms with E-state index in [1.807, 2.05) is 31.2 Å². The van der Waals surface area contributed by atoms with Gasteiger partial charge in [0.05, 0.1) is 5.56 Å². The molecule has 0 atom stereocenters. The van der Waals surface area contributed by atoms with Gasteiger partial charge in [-0.1, -0.05) is 19.1 Å². The van der Waals surface area contributed by atoms with E-state index >= 15 is 0 Å². The largest absolute Gasteiger partial charge is 0.385 e. The van der Waals surface area contributed by atoms with Crippen molar-refractivity contribution in [3.8, 4) is 0 Å². The molecule has 0 bridgehead atoms. The standard InChI is InChI=1S/C14H20N2O/c1-3-15-13-7-5-4-6-12(13)14(17)16-11-8-10(2)9-11/h4-7,10-11,15H,3,8-9H2,1-2H3,(H,16,17). The van der Waals surface area contributed by atoms with Crippen LogP contribution < -0.4 is 10.6 Å². The number of carbonyl (C=O) groups is 1. The predicted molar refractivity (Wildman–Crippen MR) is 70.3 cm³/mol. The van der Waals surface area contributed by atoms with E-state index in [1.165, 1.54) is 0 Å². The van der Waals surface area contributed by atoms with Crippen molar-refractivity contribution in [2.75, 3.05) is 11.9 Å². The summed E-state index contributed by atoms with van der Waals surface area (Å²) in [5.41, 5.74) is 1.66. The highest BCUT2D eigenvalue weighted by molar-refractivity contribution is 5.99. The molecule has 0 heterocycles. The van der Waals surface area contributed by atoms with E-state index in [0.29, 0.717) is 6.04 Å². The second-order valence-electron chi connectivity index (χ2n) is 4.82. The Kier molecular flexibility index (Phi) is 3.67. The molecule has 2 N–H and O–H groups in total. The molecular formula is C14H20N2O. The zero-order valence-electron chi connectivity index (χ0n) is 10.5. The van der Waals surface area contributed by atoms with Gasteiger partial charge in [-0.2, -0.15) is 0 Å². The minimum Gasteiger partial charge on any atom is -0.385 e. The quantitative estimate of drug-likeness (QED) is 0.838. The first-order valence-electron chi connectivity index (χ1n) is 6.34. The number of rotatable bonds is 4. The van der Waals surface area contributed by atoms with Gasteiger partial charge in [-0.15, -0.1) is 0 Å². The van der Waals surface area contributed by atoms with Crippen LogP contribution in [0.15, 0.2) is 24.3 Å². The maximum Gasteiger partial charge on any atom is 0.253 e. The lowest BCUT2D eigenvalue weighted by Gasteiger charge is -2.33. The zero-order chi connectivity index (χ0) is 12.3. The third kappa shape index (κ3) is 2.78. The molecule has 0 spiro atoms. The molecule has 1 aliphatic carbocycles. The van der Waals surface area contributed by atoms with E-state index in [2.05, 4.69) is 17.6 Å². The molecule has 17 heavy (non-hydrogen) atoms.